The van der Waals surface area contributed by atoms with E-state index >= 15 is 0 Å². The van der Waals surface area contributed by atoms with E-state index in [0.29, 0.717) is 0 Å². The summed E-state index contributed by atoms with van der Waals surface area (Å²) in [6.45, 7) is 9.02. The summed E-state index contributed by atoms with van der Waals surface area (Å²) in [5, 5.41) is 7.85. The Hall–Kier alpha value is -0.930. The first kappa shape index (κ1) is 11.1. The number of hydrogen-bond acceptors (Lipinski definition) is 3. The zero-order chi connectivity index (χ0) is 9.99. The highest BCUT2D eigenvalue weighted by atomic mass is 16.1. The summed E-state index contributed by atoms with van der Waals surface area (Å²) in [4.78, 5) is 10.8. The molecule has 0 aliphatic rings. The molecule has 2 N–H and O–H groups in total. The number of carbonyl (C=O) groups excluding carboxylic acids is 1. The third kappa shape index (κ3) is 4.05. The Morgan fingerprint density at radius 3 is 1.75 bits per heavy atom. The van der Waals surface area contributed by atoms with Gasteiger partial charge in [0.25, 0.3) is 0 Å². The molecule has 0 saturated heterocycles. The first-order valence-corrected chi connectivity index (χ1v) is 3.89. The van der Waals surface area contributed by atoms with Gasteiger partial charge in [0.2, 0.25) is 5.91 Å². The molecule has 70 valence electrons. The Labute approximate surface area is 73.2 Å². The van der Waals surface area contributed by atoms with Crippen molar-refractivity contribution in [3.8, 4) is 0 Å². The third-order valence-corrected chi connectivity index (χ3v) is 1.20. The lowest BCUT2D eigenvalue weighted by Crippen LogP contribution is -2.36. The fourth-order valence-electron chi connectivity index (χ4n) is 0.324. The van der Waals surface area contributed by atoms with Crippen molar-refractivity contribution in [2.75, 3.05) is 0 Å². The molecule has 0 rings (SSSR count). The van der Waals surface area contributed by atoms with E-state index in [4.69, 9.17) is 5.73 Å². The van der Waals surface area contributed by atoms with Crippen molar-refractivity contribution in [3.05, 3.63) is 0 Å². The van der Waals surface area contributed by atoms with E-state index in [-0.39, 0.29) is 5.54 Å². The van der Waals surface area contributed by atoms with Gasteiger partial charge in [0, 0.05) is 0 Å². The van der Waals surface area contributed by atoms with E-state index < -0.39 is 11.4 Å². The maximum atomic E-state index is 10.8. The second-order valence-electron chi connectivity index (χ2n) is 4.29. The fraction of sp³-hybridized carbons (Fsp3) is 0.875. The van der Waals surface area contributed by atoms with E-state index in [1.165, 1.54) is 0 Å². The normalized spacial score (nSPS) is 13.8. The van der Waals surface area contributed by atoms with Crippen LogP contribution < -0.4 is 5.73 Å². The molecule has 12 heavy (non-hydrogen) atoms. The van der Waals surface area contributed by atoms with E-state index in [1.54, 1.807) is 13.8 Å². The number of primary amides is 1. The number of rotatable bonds is 2. The van der Waals surface area contributed by atoms with E-state index in [9.17, 15) is 4.79 Å². The maximum absolute atomic E-state index is 10.8. The molecule has 0 atom stereocenters. The largest absolute Gasteiger partial charge is 0.368 e. The van der Waals surface area contributed by atoms with Crippen molar-refractivity contribution >= 4 is 5.91 Å². The minimum atomic E-state index is -0.896. The third-order valence-electron chi connectivity index (χ3n) is 1.20. The molecule has 0 aromatic rings. The first-order valence-electron chi connectivity index (χ1n) is 3.89. The number of carbonyl (C=O) groups is 1. The molecular formula is C8H17N3O. The van der Waals surface area contributed by atoms with Crippen LogP contribution >= 0.6 is 0 Å². The minimum absolute atomic E-state index is 0.257. The van der Waals surface area contributed by atoms with Crippen LogP contribution in [0.2, 0.25) is 0 Å². The lowest BCUT2D eigenvalue weighted by molar-refractivity contribution is -0.122. The van der Waals surface area contributed by atoms with Gasteiger partial charge in [-0.25, -0.2) is 0 Å². The van der Waals surface area contributed by atoms with Crippen LogP contribution in [0.3, 0.4) is 0 Å². The number of azo groups is 1. The molecule has 0 heterocycles. The standard InChI is InChI=1S/C8H17N3O/c1-7(2,3)10-11-8(4,5)6(9)12/h1-5H3,(H2,9,12). The van der Waals surface area contributed by atoms with Gasteiger partial charge in [0.1, 0.15) is 0 Å². The highest BCUT2D eigenvalue weighted by molar-refractivity contribution is 5.83. The van der Waals surface area contributed by atoms with Crippen molar-refractivity contribution in [1.82, 2.24) is 0 Å². The summed E-state index contributed by atoms with van der Waals surface area (Å²) in [6, 6.07) is 0. The summed E-state index contributed by atoms with van der Waals surface area (Å²) in [6.07, 6.45) is 0. The zero-order valence-corrected chi connectivity index (χ0v) is 8.38. The highest BCUT2D eigenvalue weighted by Crippen LogP contribution is 2.14. The van der Waals surface area contributed by atoms with Gasteiger partial charge in [0.05, 0.1) is 5.54 Å². The quantitative estimate of drug-likeness (QED) is 0.628. The van der Waals surface area contributed by atoms with Crippen molar-refractivity contribution in [1.29, 1.82) is 0 Å². The smallest absolute Gasteiger partial charge is 0.246 e. The molecule has 0 fully saturated rings. The predicted octanol–water partition coefficient (Wildman–Crippen LogP) is 1.50. The predicted molar refractivity (Wildman–Crippen MR) is 47.9 cm³/mol. The Kier molecular flexibility index (Phi) is 2.96. The Morgan fingerprint density at radius 1 is 1.08 bits per heavy atom. The molecule has 0 radical (unpaired) electrons. The second kappa shape index (κ2) is 3.21. The Bertz CT molecular complexity index is 201. The van der Waals surface area contributed by atoms with Crippen molar-refractivity contribution in [3.63, 3.8) is 0 Å². The number of amides is 1. The summed E-state index contributed by atoms with van der Waals surface area (Å²) in [7, 11) is 0. The van der Waals surface area contributed by atoms with Gasteiger partial charge < -0.3 is 5.73 Å². The van der Waals surface area contributed by atoms with Gasteiger partial charge in [-0.15, -0.1) is 0 Å². The molecular weight excluding hydrogens is 154 g/mol. The van der Waals surface area contributed by atoms with Gasteiger partial charge in [-0.2, -0.15) is 10.2 Å². The molecule has 0 unspecified atom stereocenters. The molecule has 1 amide bonds. The number of hydrogen-bond donors (Lipinski definition) is 1. The highest BCUT2D eigenvalue weighted by Gasteiger charge is 2.24. The Balaban J connectivity index is 4.45. The molecule has 0 spiro atoms. The molecule has 0 aliphatic carbocycles. The molecule has 0 bridgehead atoms. The van der Waals surface area contributed by atoms with Crippen LogP contribution in [0.25, 0.3) is 0 Å². The topological polar surface area (TPSA) is 67.8 Å². The van der Waals surface area contributed by atoms with Crippen LogP contribution in [-0.2, 0) is 4.79 Å². The van der Waals surface area contributed by atoms with Crippen LogP contribution in [0, 0.1) is 0 Å². The second-order valence-corrected chi connectivity index (χ2v) is 4.29. The molecule has 0 aliphatic heterocycles. The van der Waals surface area contributed by atoms with Crippen LogP contribution in [-0.4, -0.2) is 17.0 Å². The van der Waals surface area contributed by atoms with Gasteiger partial charge in [0.15, 0.2) is 5.54 Å². The van der Waals surface area contributed by atoms with E-state index in [0.717, 1.165) is 0 Å². The van der Waals surface area contributed by atoms with Crippen molar-refractivity contribution in [2.45, 2.75) is 45.7 Å². The molecule has 0 aromatic heterocycles. The average molecular weight is 171 g/mol. The summed E-state index contributed by atoms with van der Waals surface area (Å²) in [5.41, 5.74) is 3.95. The van der Waals surface area contributed by atoms with Crippen LogP contribution in [0.4, 0.5) is 0 Å². The van der Waals surface area contributed by atoms with Crippen LogP contribution in [0.5, 0.6) is 0 Å². The fourth-order valence-corrected chi connectivity index (χ4v) is 0.324. The summed E-state index contributed by atoms with van der Waals surface area (Å²) >= 11 is 0. The molecule has 0 aromatic carbocycles. The van der Waals surface area contributed by atoms with Crippen molar-refractivity contribution < 1.29 is 4.79 Å². The van der Waals surface area contributed by atoms with Gasteiger partial charge in [-0.3, -0.25) is 4.79 Å². The van der Waals surface area contributed by atoms with Gasteiger partial charge in [-0.1, -0.05) is 0 Å². The molecule has 0 saturated carbocycles. The average Bonchev–Trinajstić information content (AvgIpc) is 1.82. The Morgan fingerprint density at radius 2 is 1.50 bits per heavy atom. The van der Waals surface area contributed by atoms with E-state index in [1.807, 2.05) is 20.8 Å². The summed E-state index contributed by atoms with van der Waals surface area (Å²) < 4.78 is 0. The van der Waals surface area contributed by atoms with Crippen LogP contribution in [0.15, 0.2) is 10.2 Å². The lowest BCUT2D eigenvalue weighted by Gasteiger charge is -2.16. The number of nitrogens with zero attached hydrogens (tertiary/aromatic N) is 2. The van der Waals surface area contributed by atoms with Gasteiger partial charge >= 0.3 is 0 Å². The monoisotopic (exact) mass is 171 g/mol. The first-order chi connectivity index (χ1) is 5.15. The van der Waals surface area contributed by atoms with Crippen LogP contribution in [0.1, 0.15) is 34.6 Å². The maximum Gasteiger partial charge on any atom is 0.246 e. The zero-order valence-electron chi connectivity index (χ0n) is 8.38. The molecule has 4 heteroatoms. The summed E-state index contributed by atoms with van der Waals surface area (Å²) in [5.74, 6) is -0.462. The van der Waals surface area contributed by atoms with Crippen molar-refractivity contribution in [2.24, 2.45) is 16.0 Å². The van der Waals surface area contributed by atoms with Gasteiger partial charge in [-0.05, 0) is 34.6 Å². The SMILES string of the molecule is CC(C)(C)N=NC(C)(C)C(N)=O. The minimum Gasteiger partial charge on any atom is -0.368 e. The lowest BCUT2D eigenvalue weighted by atomic mass is 10.1. The van der Waals surface area contributed by atoms with E-state index in [2.05, 4.69) is 10.2 Å². The number of nitrogens with two attached hydrogens (primary N) is 1. The molecule has 4 nitrogen and oxygen atoms in total.